The molecule has 0 spiro atoms. The number of aliphatic imine (C=N–C) groups is 1. The Kier molecular flexibility index (Phi) is 5.39. The number of hydrogen-bond acceptors (Lipinski definition) is 3. The lowest BCUT2D eigenvalue weighted by molar-refractivity contribution is 0.548. The Labute approximate surface area is 120 Å². The van der Waals surface area contributed by atoms with Gasteiger partial charge in [0.2, 0.25) is 0 Å². The van der Waals surface area contributed by atoms with Crippen LogP contribution in [0.3, 0.4) is 0 Å². The number of unbranched alkanes of at least 4 members (excludes halogenated alkanes) is 4. The van der Waals surface area contributed by atoms with Crippen molar-refractivity contribution < 1.29 is 4.39 Å². The quantitative estimate of drug-likeness (QED) is 0.772. The summed E-state index contributed by atoms with van der Waals surface area (Å²) in [7, 11) is 0. The monoisotopic (exact) mass is 277 g/mol. The molecular weight excluding hydrogens is 253 g/mol. The molecule has 0 aliphatic carbocycles. The fourth-order valence-electron chi connectivity index (χ4n) is 2.71. The van der Waals surface area contributed by atoms with Crippen molar-refractivity contribution in [2.75, 3.05) is 11.4 Å². The van der Waals surface area contributed by atoms with Crippen LogP contribution in [0.5, 0.6) is 0 Å². The van der Waals surface area contributed by atoms with Gasteiger partial charge in [-0.1, -0.05) is 51.2 Å². The lowest BCUT2D eigenvalue weighted by atomic mass is 10.1. The van der Waals surface area contributed by atoms with Crippen molar-refractivity contribution >= 4 is 11.6 Å². The summed E-state index contributed by atoms with van der Waals surface area (Å²) in [6, 6.07) is 6.98. The summed E-state index contributed by atoms with van der Waals surface area (Å²) < 4.78 is 13.9. The van der Waals surface area contributed by atoms with E-state index in [9.17, 15) is 4.39 Å². The molecule has 1 aliphatic heterocycles. The van der Waals surface area contributed by atoms with E-state index in [1.165, 1.54) is 31.7 Å². The third kappa shape index (κ3) is 3.50. The van der Waals surface area contributed by atoms with Crippen molar-refractivity contribution in [2.24, 2.45) is 10.7 Å². The molecule has 0 bridgehead atoms. The number of anilines is 1. The Hall–Kier alpha value is -1.58. The van der Waals surface area contributed by atoms with Crippen LogP contribution in [0.25, 0.3) is 0 Å². The fraction of sp³-hybridized carbons (Fsp3) is 0.562. The van der Waals surface area contributed by atoms with Gasteiger partial charge in [0, 0.05) is 0 Å². The summed E-state index contributed by atoms with van der Waals surface area (Å²) in [4.78, 5) is 6.14. The smallest absolute Gasteiger partial charge is 0.196 e. The van der Waals surface area contributed by atoms with E-state index in [0.717, 1.165) is 12.8 Å². The average Bonchev–Trinajstić information content (AvgIpc) is 2.80. The van der Waals surface area contributed by atoms with Crippen LogP contribution in [0.15, 0.2) is 29.3 Å². The van der Waals surface area contributed by atoms with E-state index in [4.69, 9.17) is 5.73 Å². The zero-order valence-corrected chi connectivity index (χ0v) is 12.2. The Balaban J connectivity index is 1.95. The molecule has 1 heterocycles. The van der Waals surface area contributed by atoms with Gasteiger partial charge in [-0.15, -0.1) is 0 Å². The van der Waals surface area contributed by atoms with Crippen molar-refractivity contribution in [1.82, 2.24) is 0 Å². The molecule has 0 amide bonds. The van der Waals surface area contributed by atoms with Gasteiger partial charge >= 0.3 is 0 Å². The number of rotatable bonds is 7. The van der Waals surface area contributed by atoms with Crippen molar-refractivity contribution in [3.05, 3.63) is 30.1 Å². The molecule has 1 unspecified atom stereocenters. The van der Waals surface area contributed by atoms with Gasteiger partial charge in [0.05, 0.1) is 18.3 Å². The van der Waals surface area contributed by atoms with Gasteiger partial charge in [-0.3, -0.25) is 4.99 Å². The van der Waals surface area contributed by atoms with Gasteiger partial charge in [0.1, 0.15) is 5.82 Å². The minimum absolute atomic E-state index is 0.202. The fourth-order valence-corrected chi connectivity index (χ4v) is 2.71. The molecule has 4 heteroatoms. The molecule has 110 valence electrons. The number of nitrogens with zero attached hydrogens (tertiary/aromatic N) is 2. The molecule has 0 aromatic heterocycles. The Morgan fingerprint density at radius 2 is 2.00 bits per heavy atom. The van der Waals surface area contributed by atoms with E-state index in [0.29, 0.717) is 18.2 Å². The Bertz CT molecular complexity index is 459. The van der Waals surface area contributed by atoms with Gasteiger partial charge in [-0.25, -0.2) is 4.39 Å². The zero-order valence-electron chi connectivity index (χ0n) is 12.2. The molecule has 0 saturated carbocycles. The first kappa shape index (κ1) is 14.8. The molecule has 1 aliphatic rings. The number of nitrogens with two attached hydrogens (primary N) is 1. The number of para-hydroxylation sites is 1. The van der Waals surface area contributed by atoms with Gasteiger partial charge < -0.3 is 10.6 Å². The van der Waals surface area contributed by atoms with E-state index < -0.39 is 0 Å². The first-order chi connectivity index (χ1) is 9.74. The summed E-state index contributed by atoms with van der Waals surface area (Å²) in [6.45, 7) is 2.89. The molecule has 0 saturated heterocycles. The highest BCUT2D eigenvalue weighted by molar-refractivity contribution is 5.97. The van der Waals surface area contributed by atoms with Crippen LogP contribution in [-0.4, -0.2) is 18.5 Å². The number of halogens is 1. The third-order valence-electron chi connectivity index (χ3n) is 3.83. The number of hydrogen-bond donors (Lipinski definition) is 1. The second-order valence-electron chi connectivity index (χ2n) is 5.38. The van der Waals surface area contributed by atoms with Crippen LogP contribution < -0.4 is 10.6 Å². The molecule has 3 nitrogen and oxygen atoms in total. The summed E-state index contributed by atoms with van der Waals surface area (Å²) in [5.74, 6) is 0.206. The second-order valence-corrected chi connectivity index (χ2v) is 5.38. The van der Waals surface area contributed by atoms with E-state index >= 15 is 0 Å². The van der Waals surface area contributed by atoms with Crippen LogP contribution in [0.1, 0.15) is 45.4 Å². The van der Waals surface area contributed by atoms with E-state index in [-0.39, 0.29) is 11.9 Å². The van der Waals surface area contributed by atoms with Gasteiger partial charge in [-0.05, 0) is 18.6 Å². The normalized spacial score (nSPS) is 18.4. The SMILES string of the molecule is CCCCCCCC1CN=C(N)N1c1ccccc1F. The highest BCUT2D eigenvalue weighted by Crippen LogP contribution is 2.26. The van der Waals surface area contributed by atoms with Crippen LogP contribution in [-0.2, 0) is 0 Å². The van der Waals surface area contributed by atoms with Crippen LogP contribution in [0.2, 0.25) is 0 Å². The average molecular weight is 277 g/mol. The Morgan fingerprint density at radius 1 is 1.25 bits per heavy atom. The van der Waals surface area contributed by atoms with Gasteiger partial charge in [-0.2, -0.15) is 0 Å². The molecule has 1 aromatic rings. The lowest BCUT2D eigenvalue weighted by Crippen LogP contribution is -2.41. The maximum atomic E-state index is 13.9. The topological polar surface area (TPSA) is 41.6 Å². The van der Waals surface area contributed by atoms with Crippen LogP contribution >= 0.6 is 0 Å². The minimum Gasteiger partial charge on any atom is -0.370 e. The second kappa shape index (κ2) is 7.27. The molecule has 20 heavy (non-hydrogen) atoms. The van der Waals surface area contributed by atoms with Crippen molar-refractivity contribution in [1.29, 1.82) is 0 Å². The van der Waals surface area contributed by atoms with Crippen LogP contribution in [0.4, 0.5) is 10.1 Å². The minimum atomic E-state index is -0.233. The van der Waals surface area contributed by atoms with Crippen molar-refractivity contribution in [3.63, 3.8) is 0 Å². The van der Waals surface area contributed by atoms with E-state index in [2.05, 4.69) is 11.9 Å². The maximum absolute atomic E-state index is 13.9. The summed E-state index contributed by atoms with van der Waals surface area (Å²) in [5, 5.41) is 0. The van der Waals surface area contributed by atoms with Gasteiger partial charge in [0.15, 0.2) is 5.96 Å². The van der Waals surface area contributed by atoms with Crippen molar-refractivity contribution in [2.45, 2.75) is 51.5 Å². The molecule has 1 atom stereocenters. The maximum Gasteiger partial charge on any atom is 0.196 e. The molecule has 0 radical (unpaired) electrons. The predicted octanol–water partition coefficient (Wildman–Crippen LogP) is 3.69. The first-order valence-corrected chi connectivity index (χ1v) is 7.57. The highest BCUT2D eigenvalue weighted by Gasteiger charge is 2.28. The summed E-state index contributed by atoms with van der Waals surface area (Å²) in [6.07, 6.45) is 7.22. The standard InChI is InChI=1S/C16H24FN3/c1-2-3-4-5-6-9-13-12-19-16(18)20(13)15-11-8-7-10-14(15)17/h7-8,10-11,13H,2-6,9,12H2,1H3,(H2,18,19). The predicted molar refractivity (Wildman–Crippen MR) is 82.5 cm³/mol. The Morgan fingerprint density at radius 3 is 2.75 bits per heavy atom. The van der Waals surface area contributed by atoms with E-state index in [1.54, 1.807) is 12.1 Å². The van der Waals surface area contributed by atoms with E-state index in [1.807, 2.05) is 11.0 Å². The number of benzene rings is 1. The summed E-state index contributed by atoms with van der Waals surface area (Å²) >= 11 is 0. The molecule has 1 aromatic carbocycles. The van der Waals surface area contributed by atoms with Crippen molar-refractivity contribution in [3.8, 4) is 0 Å². The summed E-state index contributed by atoms with van der Waals surface area (Å²) in [5.41, 5.74) is 6.48. The largest absolute Gasteiger partial charge is 0.370 e. The van der Waals surface area contributed by atoms with Gasteiger partial charge in [0.25, 0.3) is 0 Å². The van der Waals surface area contributed by atoms with Crippen LogP contribution in [0, 0.1) is 5.82 Å². The molecule has 0 fully saturated rings. The molecular formula is C16H24FN3. The lowest BCUT2D eigenvalue weighted by Gasteiger charge is -2.26. The first-order valence-electron chi connectivity index (χ1n) is 7.57. The molecule has 2 N–H and O–H groups in total. The zero-order chi connectivity index (χ0) is 14.4. The number of guanidine groups is 1. The molecule has 2 rings (SSSR count). The third-order valence-corrected chi connectivity index (χ3v) is 3.83. The highest BCUT2D eigenvalue weighted by atomic mass is 19.1.